The van der Waals surface area contributed by atoms with E-state index in [1.807, 2.05) is 0 Å². The maximum Gasteiger partial charge on any atom is 0.108 e. The van der Waals surface area contributed by atoms with Crippen LogP contribution in [0.5, 0.6) is 0 Å². The zero-order valence-electron chi connectivity index (χ0n) is 7.92. The molecule has 4 unspecified atom stereocenters. The molecule has 0 spiro atoms. The Balaban J connectivity index is 3.86. The number of hydrogen-bond donors (Lipinski definition) is 4. The number of aliphatic hydroxyl groups excluding tert-OH is 4. The minimum atomic E-state index is -1.23. The first-order chi connectivity index (χ1) is 6.00. The lowest BCUT2D eigenvalue weighted by Gasteiger charge is -2.25. The highest BCUT2D eigenvalue weighted by molar-refractivity contribution is 4.77. The van der Waals surface area contributed by atoms with Gasteiger partial charge in [-0.1, -0.05) is 0 Å². The molecule has 0 rings (SSSR count). The van der Waals surface area contributed by atoms with Crippen LogP contribution < -0.4 is 0 Å². The molecular formula is C8H18O5. The Morgan fingerprint density at radius 3 is 2.00 bits per heavy atom. The third kappa shape index (κ3) is 4.54. The molecule has 0 bridgehead atoms. The zero-order chi connectivity index (χ0) is 10.4. The summed E-state index contributed by atoms with van der Waals surface area (Å²) < 4.78 is 4.95. The number of rotatable bonds is 6. The molecule has 0 radical (unpaired) electrons. The van der Waals surface area contributed by atoms with Gasteiger partial charge in [-0.15, -0.1) is 0 Å². The Hall–Kier alpha value is -0.200. The van der Waals surface area contributed by atoms with E-state index in [4.69, 9.17) is 14.9 Å². The average molecular weight is 194 g/mol. The predicted molar refractivity (Wildman–Crippen MR) is 46.2 cm³/mol. The minimum absolute atomic E-state index is 0.102. The maximum absolute atomic E-state index is 9.37. The quantitative estimate of drug-likeness (QED) is 0.412. The monoisotopic (exact) mass is 194 g/mol. The Kier molecular flexibility index (Phi) is 6.19. The molecule has 4 N–H and O–H groups in total. The Morgan fingerprint density at radius 1 is 1.08 bits per heavy atom. The van der Waals surface area contributed by atoms with E-state index in [1.165, 1.54) is 6.92 Å². The minimum Gasteiger partial charge on any atom is -0.394 e. The predicted octanol–water partition coefficient (Wildman–Crippen LogP) is -1.51. The molecule has 0 aromatic heterocycles. The molecule has 4 atom stereocenters. The number of hydrogen-bond acceptors (Lipinski definition) is 5. The summed E-state index contributed by atoms with van der Waals surface area (Å²) in [5.41, 5.74) is 0. The van der Waals surface area contributed by atoms with Crippen LogP contribution in [-0.2, 0) is 4.74 Å². The van der Waals surface area contributed by atoms with Crippen LogP contribution in [-0.4, -0.2) is 58.1 Å². The molecular weight excluding hydrogens is 176 g/mol. The molecule has 0 fully saturated rings. The summed E-state index contributed by atoms with van der Waals surface area (Å²) in [5, 5.41) is 36.0. The number of ether oxygens (including phenoxy) is 1. The average Bonchev–Trinajstić information content (AvgIpc) is 2.11. The smallest absolute Gasteiger partial charge is 0.108 e. The van der Waals surface area contributed by atoms with Gasteiger partial charge in [-0.05, 0) is 13.8 Å². The van der Waals surface area contributed by atoms with Crippen molar-refractivity contribution < 1.29 is 25.2 Å². The second-order valence-corrected chi connectivity index (χ2v) is 3.02. The van der Waals surface area contributed by atoms with E-state index in [-0.39, 0.29) is 13.2 Å². The lowest BCUT2D eigenvalue weighted by Crippen LogP contribution is -2.43. The van der Waals surface area contributed by atoms with Gasteiger partial charge in [0.25, 0.3) is 0 Å². The van der Waals surface area contributed by atoms with E-state index >= 15 is 0 Å². The first kappa shape index (κ1) is 12.8. The van der Waals surface area contributed by atoms with Crippen LogP contribution in [0.15, 0.2) is 0 Å². The molecule has 0 amide bonds. The van der Waals surface area contributed by atoms with Gasteiger partial charge in [0.15, 0.2) is 0 Å². The maximum atomic E-state index is 9.37. The van der Waals surface area contributed by atoms with Crippen molar-refractivity contribution >= 4 is 0 Å². The van der Waals surface area contributed by atoms with E-state index in [2.05, 4.69) is 0 Å². The zero-order valence-corrected chi connectivity index (χ0v) is 7.92. The van der Waals surface area contributed by atoms with Crippen LogP contribution in [0.25, 0.3) is 0 Å². The summed E-state index contributed by atoms with van der Waals surface area (Å²) in [7, 11) is 0. The van der Waals surface area contributed by atoms with Crippen molar-refractivity contribution in [1.82, 2.24) is 0 Å². The van der Waals surface area contributed by atoms with E-state index in [9.17, 15) is 10.2 Å². The van der Waals surface area contributed by atoms with Gasteiger partial charge in [-0.25, -0.2) is 0 Å². The normalized spacial score (nSPS) is 20.8. The van der Waals surface area contributed by atoms with Gasteiger partial charge in [0, 0.05) is 0 Å². The van der Waals surface area contributed by atoms with Gasteiger partial charge in [0.2, 0.25) is 0 Å². The molecule has 0 aromatic carbocycles. The fourth-order valence-corrected chi connectivity index (χ4v) is 0.900. The lowest BCUT2D eigenvalue weighted by molar-refractivity contribution is -0.117. The summed E-state index contributed by atoms with van der Waals surface area (Å²) in [4.78, 5) is 0. The molecule has 0 saturated carbocycles. The van der Waals surface area contributed by atoms with Gasteiger partial charge in [0.1, 0.15) is 12.2 Å². The van der Waals surface area contributed by atoms with Crippen molar-refractivity contribution in [2.24, 2.45) is 0 Å². The SMILES string of the molecule is CC(O)C(O)C(O)C(C)OCCO. The molecule has 80 valence electrons. The van der Waals surface area contributed by atoms with Crippen LogP contribution in [0.2, 0.25) is 0 Å². The summed E-state index contributed by atoms with van der Waals surface area (Å²) in [6.07, 6.45) is -3.99. The van der Waals surface area contributed by atoms with E-state index in [0.717, 1.165) is 0 Å². The molecule has 5 nitrogen and oxygen atoms in total. The van der Waals surface area contributed by atoms with Crippen LogP contribution in [0, 0.1) is 0 Å². The third-order valence-corrected chi connectivity index (χ3v) is 1.80. The van der Waals surface area contributed by atoms with Gasteiger partial charge in [-0.2, -0.15) is 0 Å². The van der Waals surface area contributed by atoms with Gasteiger partial charge >= 0.3 is 0 Å². The molecule has 0 aromatic rings. The van der Waals surface area contributed by atoms with E-state index in [0.29, 0.717) is 0 Å². The molecule has 13 heavy (non-hydrogen) atoms. The van der Waals surface area contributed by atoms with E-state index < -0.39 is 24.4 Å². The fourth-order valence-electron chi connectivity index (χ4n) is 0.900. The highest BCUT2D eigenvalue weighted by Gasteiger charge is 2.26. The third-order valence-electron chi connectivity index (χ3n) is 1.80. The van der Waals surface area contributed by atoms with Gasteiger partial charge in [0.05, 0.1) is 25.4 Å². The summed E-state index contributed by atoms with van der Waals surface area (Å²) in [5.74, 6) is 0. The highest BCUT2D eigenvalue weighted by Crippen LogP contribution is 2.07. The molecule has 0 heterocycles. The number of aliphatic hydroxyl groups is 4. The second kappa shape index (κ2) is 6.28. The fraction of sp³-hybridized carbons (Fsp3) is 1.00. The van der Waals surface area contributed by atoms with Crippen molar-refractivity contribution in [2.75, 3.05) is 13.2 Å². The first-order valence-electron chi connectivity index (χ1n) is 4.27. The summed E-state index contributed by atoms with van der Waals surface area (Å²) in [6.45, 7) is 2.91. The summed E-state index contributed by atoms with van der Waals surface area (Å²) >= 11 is 0. The Bertz CT molecular complexity index is 128. The van der Waals surface area contributed by atoms with Gasteiger partial charge in [-0.3, -0.25) is 0 Å². The van der Waals surface area contributed by atoms with Gasteiger partial charge < -0.3 is 25.2 Å². The first-order valence-corrected chi connectivity index (χ1v) is 4.27. The molecule has 0 saturated heterocycles. The lowest BCUT2D eigenvalue weighted by atomic mass is 10.1. The summed E-state index contributed by atoms with van der Waals surface area (Å²) in [6, 6.07) is 0. The van der Waals surface area contributed by atoms with Crippen molar-refractivity contribution in [3.63, 3.8) is 0 Å². The Morgan fingerprint density at radius 2 is 1.62 bits per heavy atom. The largest absolute Gasteiger partial charge is 0.394 e. The van der Waals surface area contributed by atoms with Crippen molar-refractivity contribution in [1.29, 1.82) is 0 Å². The van der Waals surface area contributed by atoms with Crippen LogP contribution >= 0.6 is 0 Å². The molecule has 5 heteroatoms. The van der Waals surface area contributed by atoms with Crippen LogP contribution in [0.1, 0.15) is 13.8 Å². The van der Waals surface area contributed by atoms with Crippen molar-refractivity contribution in [3.8, 4) is 0 Å². The van der Waals surface area contributed by atoms with E-state index in [1.54, 1.807) is 6.92 Å². The second-order valence-electron chi connectivity index (χ2n) is 3.02. The van der Waals surface area contributed by atoms with Crippen LogP contribution in [0.4, 0.5) is 0 Å². The van der Waals surface area contributed by atoms with Crippen molar-refractivity contribution in [3.05, 3.63) is 0 Å². The van der Waals surface area contributed by atoms with Crippen molar-refractivity contribution in [2.45, 2.75) is 38.3 Å². The Labute approximate surface area is 77.6 Å². The standard InChI is InChI=1S/C8H18O5/c1-5(10)7(11)8(12)6(2)13-4-3-9/h5-12H,3-4H2,1-2H3. The molecule has 0 aliphatic heterocycles. The highest BCUT2D eigenvalue weighted by atomic mass is 16.5. The topological polar surface area (TPSA) is 90.2 Å². The van der Waals surface area contributed by atoms with Crippen LogP contribution in [0.3, 0.4) is 0 Å². The molecule has 0 aliphatic rings. The molecule has 0 aliphatic carbocycles.